The average molecular weight is 495 g/mol. The van der Waals surface area contributed by atoms with Gasteiger partial charge < -0.3 is 9.47 Å². The molecular weight excluding hydrogens is 448 g/mol. The maximum Gasteiger partial charge on any atom is 0.323 e. The Balaban J connectivity index is 0.00000222. The van der Waals surface area contributed by atoms with Crippen LogP contribution in [0.3, 0.4) is 0 Å². The largest absolute Gasteiger partial charge is 0.466 e. The highest BCUT2D eigenvalue weighted by Crippen LogP contribution is 2.46. The molecule has 1 aliphatic rings. The van der Waals surface area contributed by atoms with Crippen molar-refractivity contribution in [2.24, 2.45) is 0 Å². The maximum atomic E-state index is 12.9. The van der Waals surface area contributed by atoms with E-state index in [4.69, 9.17) is 9.47 Å². The average Bonchev–Trinajstić information content (AvgIpc) is 3.17. The number of unbranched alkanes of at least 4 members (excludes halogenated alkanes) is 5. The molecule has 4 nitrogen and oxygen atoms in total. The highest BCUT2D eigenvalue weighted by atomic mass is 16.5. The molecule has 1 heterocycles. The lowest BCUT2D eigenvalue weighted by Gasteiger charge is -2.23. The van der Waals surface area contributed by atoms with Gasteiger partial charge in [-0.3, -0.25) is 9.59 Å². The Bertz CT molecular complexity index is 1000. The number of carbonyl (C=O) groups is 2. The van der Waals surface area contributed by atoms with Crippen LogP contribution in [0.5, 0.6) is 5.75 Å². The van der Waals surface area contributed by atoms with Crippen molar-refractivity contribution in [3.63, 3.8) is 0 Å². The molecule has 0 aliphatic carbocycles. The fraction of sp³-hybridized carbons (Fsp3) is 0.562. The number of aryl methyl sites for hydroxylation is 2. The minimum Gasteiger partial charge on any atom is -0.466 e. The van der Waals surface area contributed by atoms with Gasteiger partial charge in [-0.1, -0.05) is 116 Å². The number of benzene rings is 2. The normalized spacial score (nSPS) is 14.5. The molecule has 0 saturated carbocycles. The lowest BCUT2D eigenvalue weighted by atomic mass is 9.81. The molecule has 0 saturated heterocycles. The Morgan fingerprint density at radius 2 is 1.69 bits per heavy atom. The Morgan fingerprint density at radius 1 is 1.00 bits per heavy atom. The third-order valence-electron chi connectivity index (χ3n) is 6.49. The SMILES string of the molecule is CC.CCCCCCCCOC(=O)CCc1cc2c(c(C(C)(C)C)c1)OC(=O)C2c1cccc(C)c1. The van der Waals surface area contributed by atoms with Gasteiger partial charge in [0.25, 0.3) is 0 Å². The summed E-state index contributed by atoms with van der Waals surface area (Å²) in [5, 5.41) is 0. The first-order valence-electron chi connectivity index (χ1n) is 13.8. The molecule has 198 valence electrons. The number of rotatable bonds is 11. The molecule has 2 aromatic rings. The number of hydrogen-bond donors (Lipinski definition) is 0. The van der Waals surface area contributed by atoms with E-state index in [1.54, 1.807) is 0 Å². The molecular formula is C32H46O4. The molecule has 0 radical (unpaired) electrons. The monoisotopic (exact) mass is 494 g/mol. The fourth-order valence-corrected chi connectivity index (χ4v) is 4.58. The van der Waals surface area contributed by atoms with Crippen molar-refractivity contribution in [3.05, 3.63) is 64.2 Å². The first-order chi connectivity index (χ1) is 17.2. The highest BCUT2D eigenvalue weighted by molar-refractivity contribution is 5.90. The molecule has 1 unspecified atom stereocenters. The Kier molecular flexibility index (Phi) is 11.7. The van der Waals surface area contributed by atoms with Crippen molar-refractivity contribution in [2.45, 2.75) is 111 Å². The number of esters is 2. The van der Waals surface area contributed by atoms with E-state index in [1.807, 2.05) is 51.1 Å². The van der Waals surface area contributed by atoms with Gasteiger partial charge in [0.2, 0.25) is 0 Å². The van der Waals surface area contributed by atoms with Crippen LogP contribution in [0.25, 0.3) is 0 Å². The van der Waals surface area contributed by atoms with E-state index < -0.39 is 5.92 Å². The van der Waals surface area contributed by atoms with E-state index in [0.29, 0.717) is 25.2 Å². The minimum absolute atomic E-state index is 0.158. The number of hydrogen-bond acceptors (Lipinski definition) is 4. The number of fused-ring (bicyclic) bond motifs is 1. The summed E-state index contributed by atoms with van der Waals surface area (Å²) in [6.07, 6.45) is 7.94. The molecule has 36 heavy (non-hydrogen) atoms. The summed E-state index contributed by atoms with van der Waals surface area (Å²) < 4.78 is 11.3. The van der Waals surface area contributed by atoms with Crippen LogP contribution in [0.1, 0.15) is 120 Å². The molecule has 0 spiro atoms. The molecule has 2 aromatic carbocycles. The van der Waals surface area contributed by atoms with Crippen molar-refractivity contribution in [2.75, 3.05) is 6.61 Å². The zero-order chi connectivity index (χ0) is 26.7. The summed E-state index contributed by atoms with van der Waals surface area (Å²) in [5.41, 5.74) is 4.80. The molecule has 3 rings (SSSR count). The van der Waals surface area contributed by atoms with Gasteiger partial charge in [0.15, 0.2) is 0 Å². The van der Waals surface area contributed by atoms with Crippen LogP contribution >= 0.6 is 0 Å². The lowest BCUT2D eigenvalue weighted by Crippen LogP contribution is -2.14. The Labute approximate surface area is 218 Å². The molecule has 0 bridgehead atoms. The van der Waals surface area contributed by atoms with E-state index in [-0.39, 0.29) is 17.4 Å². The minimum atomic E-state index is -0.435. The summed E-state index contributed by atoms with van der Waals surface area (Å²) in [7, 11) is 0. The van der Waals surface area contributed by atoms with Crippen molar-refractivity contribution < 1.29 is 19.1 Å². The third kappa shape index (κ3) is 8.21. The quantitative estimate of drug-likeness (QED) is 0.179. The molecule has 0 fully saturated rings. The third-order valence-corrected chi connectivity index (χ3v) is 6.49. The number of carbonyl (C=O) groups excluding carboxylic acids is 2. The maximum absolute atomic E-state index is 12.9. The van der Waals surface area contributed by atoms with Crippen LogP contribution in [0, 0.1) is 6.92 Å². The molecule has 0 aromatic heterocycles. The van der Waals surface area contributed by atoms with E-state index >= 15 is 0 Å². The van der Waals surface area contributed by atoms with Crippen molar-refractivity contribution in [1.29, 1.82) is 0 Å². The number of ether oxygens (including phenoxy) is 2. The van der Waals surface area contributed by atoms with E-state index in [2.05, 4.69) is 33.8 Å². The molecule has 0 N–H and O–H groups in total. The fourth-order valence-electron chi connectivity index (χ4n) is 4.58. The topological polar surface area (TPSA) is 52.6 Å². The predicted octanol–water partition coefficient (Wildman–Crippen LogP) is 8.21. The van der Waals surface area contributed by atoms with Gasteiger partial charge in [-0.15, -0.1) is 0 Å². The smallest absolute Gasteiger partial charge is 0.323 e. The second kappa shape index (κ2) is 14.2. The van der Waals surface area contributed by atoms with Crippen LogP contribution in [-0.4, -0.2) is 18.5 Å². The molecule has 4 heteroatoms. The van der Waals surface area contributed by atoms with Crippen molar-refractivity contribution in [1.82, 2.24) is 0 Å². The zero-order valence-electron chi connectivity index (χ0n) is 23.5. The van der Waals surface area contributed by atoms with E-state index in [9.17, 15) is 9.59 Å². The van der Waals surface area contributed by atoms with Gasteiger partial charge in [0.05, 0.1) is 6.61 Å². The predicted molar refractivity (Wildman–Crippen MR) is 148 cm³/mol. The van der Waals surface area contributed by atoms with Crippen molar-refractivity contribution in [3.8, 4) is 5.75 Å². The summed E-state index contributed by atoms with van der Waals surface area (Å²) in [6, 6.07) is 12.2. The molecule has 1 aliphatic heterocycles. The van der Waals surface area contributed by atoms with Gasteiger partial charge in [-0.2, -0.15) is 0 Å². The Hall–Kier alpha value is -2.62. The van der Waals surface area contributed by atoms with Crippen LogP contribution in [0.4, 0.5) is 0 Å². The summed E-state index contributed by atoms with van der Waals surface area (Å²) in [5.74, 6) is -0.149. The van der Waals surface area contributed by atoms with Gasteiger partial charge >= 0.3 is 11.9 Å². The molecule has 1 atom stereocenters. The van der Waals surface area contributed by atoms with Gasteiger partial charge in [-0.05, 0) is 36.3 Å². The van der Waals surface area contributed by atoms with E-state index in [1.165, 1.54) is 25.7 Å². The van der Waals surface area contributed by atoms with E-state index in [0.717, 1.165) is 40.7 Å². The van der Waals surface area contributed by atoms with Crippen LogP contribution in [-0.2, 0) is 26.2 Å². The first kappa shape index (κ1) is 29.6. The van der Waals surface area contributed by atoms with Gasteiger partial charge in [0.1, 0.15) is 11.7 Å². The molecule has 0 amide bonds. The highest BCUT2D eigenvalue weighted by Gasteiger charge is 2.38. The van der Waals surface area contributed by atoms with Crippen molar-refractivity contribution >= 4 is 11.9 Å². The second-order valence-electron chi connectivity index (χ2n) is 10.6. The zero-order valence-corrected chi connectivity index (χ0v) is 23.5. The van der Waals surface area contributed by atoms with Crippen LogP contribution in [0.15, 0.2) is 36.4 Å². The first-order valence-corrected chi connectivity index (χ1v) is 13.8. The Morgan fingerprint density at radius 3 is 2.36 bits per heavy atom. The summed E-state index contributed by atoms with van der Waals surface area (Å²) in [4.78, 5) is 25.3. The summed E-state index contributed by atoms with van der Waals surface area (Å²) >= 11 is 0. The van der Waals surface area contributed by atoms with Crippen LogP contribution in [0.2, 0.25) is 0 Å². The van der Waals surface area contributed by atoms with Crippen LogP contribution < -0.4 is 4.74 Å². The summed E-state index contributed by atoms with van der Waals surface area (Å²) in [6.45, 7) is 15.1. The lowest BCUT2D eigenvalue weighted by molar-refractivity contribution is -0.143. The standard InChI is InChI=1S/C30H40O4.C2H6/c1-6-7-8-9-10-11-17-33-26(31)16-15-22-19-24-27(23-14-12-13-21(2)18-23)29(32)34-28(24)25(20-22)30(3,4)5;1-2/h12-14,18-20,27H,6-11,15-17H2,1-5H3;1-2H3. The van der Waals surface area contributed by atoms with Gasteiger partial charge in [0, 0.05) is 17.5 Å². The second-order valence-corrected chi connectivity index (χ2v) is 10.6. The van der Waals surface area contributed by atoms with Gasteiger partial charge in [-0.25, -0.2) is 0 Å².